The van der Waals surface area contributed by atoms with Crippen LogP contribution in [-0.4, -0.2) is 59.1 Å². The molecule has 0 saturated carbocycles. The molecule has 6 nitrogen and oxygen atoms in total. The number of hydrogen-bond acceptors (Lipinski definition) is 4. The highest BCUT2D eigenvalue weighted by Gasteiger charge is 2.27. The van der Waals surface area contributed by atoms with Crippen molar-refractivity contribution in [2.75, 3.05) is 26.2 Å². The molecule has 0 unspecified atom stereocenters. The number of halogens is 2. The molecular formula is C23H26BrFN2O4. The number of carboxylic acid groups (broad SMARTS) is 1. The Kier molecular flexibility index (Phi) is 8.03. The number of carboxylic acids is 1. The number of aryl methyl sites for hydroxylation is 1. The summed E-state index contributed by atoms with van der Waals surface area (Å²) in [5.74, 6) is -0.694. The van der Waals surface area contributed by atoms with Gasteiger partial charge >= 0.3 is 5.97 Å². The molecule has 1 amide bonds. The van der Waals surface area contributed by atoms with E-state index in [1.165, 1.54) is 12.1 Å². The van der Waals surface area contributed by atoms with Gasteiger partial charge < -0.3 is 14.7 Å². The van der Waals surface area contributed by atoms with Crippen molar-refractivity contribution in [3.63, 3.8) is 0 Å². The first kappa shape index (κ1) is 23.2. The van der Waals surface area contributed by atoms with Crippen LogP contribution in [-0.2, 0) is 22.6 Å². The molecule has 1 N–H and O–H groups in total. The number of rotatable bonds is 8. The molecule has 31 heavy (non-hydrogen) atoms. The number of ether oxygens (including phenoxy) is 1. The van der Waals surface area contributed by atoms with E-state index in [9.17, 15) is 14.0 Å². The quantitative estimate of drug-likeness (QED) is 0.607. The van der Waals surface area contributed by atoms with Crippen LogP contribution in [0, 0.1) is 5.82 Å². The Morgan fingerprint density at radius 1 is 1.19 bits per heavy atom. The monoisotopic (exact) mass is 492 g/mol. The molecule has 1 fully saturated rings. The van der Waals surface area contributed by atoms with E-state index in [1.807, 2.05) is 17.9 Å². The van der Waals surface area contributed by atoms with Gasteiger partial charge in [-0.3, -0.25) is 14.5 Å². The molecule has 0 aromatic heterocycles. The van der Waals surface area contributed by atoms with E-state index >= 15 is 0 Å². The van der Waals surface area contributed by atoms with Crippen molar-refractivity contribution in [1.29, 1.82) is 0 Å². The van der Waals surface area contributed by atoms with E-state index in [4.69, 9.17) is 9.84 Å². The number of carbonyl (C=O) groups excluding carboxylic acids is 1. The maximum Gasteiger partial charge on any atom is 0.303 e. The fourth-order valence-electron chi connectivity index (χ4n) is 3.74. The summed E-state index contributed by atoms with van der Waals surface area (Å²) in [7, 11) is 0. The number of carbonyl (C=O) groups is 2. The van der Waals surface area contributed by atoms with Crippen molar-refractivity contribution < 1.29 is 23.8 Å². The zero-order valence-electron chi connectivity index (χ0n) is 17.4. The molecule has 0 spiro atoms. The Labute approximate surface area is 189 Å². The summed E-state index contributed by atoms with van der Waals surface area (Å²) in [4.78, 5) is 27.7. The van der Waals surface area contributed by atoms with Crippen LogP contribution in [0.1, 0.15) is 24.5 Å². The number of aliphatic carboxylic acids is 1. The molecule has 166 valence electrons. The second kappa shape index (κ2) is 10.7. The van der Waals surface area contributed by atoms with Gasteiger partial charge in [0, 0.05) is 43.1 Å². The van der Waals surface area contributed by atoms with Gasteiger partial charge in [-0.15, -0.1) is 0 Å². The van der Waals surface area contributed by atoms with Crippen LogP contribution in [0.2, 0.25) is 0 Å². The Morgan fingerprint density at radius 2 is 1.94 bits per heavy atom. The van der Waals surface area contributed by atoms with Gasteiger partial charge in [-0.1, -0.05) is 28.1 Å². The van der Waals surface area contributed by atoms with Crippen LogP contribution in [0.15, 0.2) is 46.9 Å². The van der Waals surface area contributed by atoms with Crippen LogP contribution in [0.3, 0.4) is 0 Å². The Balaban J connectivity index is 1.53. The molecule has 0 aliphatic carbocycles. The molecular weight excluding hydrogens is 467 g/mol. The minimum atomic E-state index is -0.880. The number of nitrogens with zero attached hydrogens (tertiary/aromatic N) is 2. The van der Waals surface area contributed by atoms with Crippen molar-refractivity contribution in [2.45, 2.75) is 32.4 Å². The van der Waals surface area contributed by atoms with Crippen LogP contribution in [0.4, 0.5) is 4.39 Å². The zero-order chi connectivity index (χ0) is 22.4. The minimum Gasteiger partial charge on any atom is -0.483 e. The highest BCUT2D eigenvalue weighted by molar-refractivity contribution is 9.10. The van der Waals surface area contributed by atoms with E-state index in [-0.39, 0.29) is 30.8 Å². The van der Waals surface area contributed by atoms with E-state index in [0.29, 0.717) is 18.7 Å². The first-order valence-corrected chi connectivity index (χ1v) is 11.0. The van der Waals surface area contributed by atoms with Gasteiger partial charge in [-0.2, -0.15) is 0 Å². The predicted octanol–water partition coefficient (Wildman–Crippen LogP) is 3.72. The molecule has 1 atom stereocenters. The summed E-state index contributed by atoms with van der Waals surface area (Å²) in [6, 6.07) is 11.9. The van der Waals surface area contributed by atoms with Crippen molar-refractivity contribution in [3.8, 4) is 5.75 Å². The van der Waals surface area contributed by atoms with E-state index in [2.05, 4.69) is 20.8 Å². The number of benzene rings is 2. The van der Waals surface area contributed by atoms with Crippen molar-refractivity contribution >= 4 is 27.8 Å². The molecule has 3 rings (SSSR count). The first-order valence-electron chi connectivity index (χ1n) is 10.2. The normalized spacial score (nSPS) is 16.9. The molecule has 2 aromatic rings. The maximum absolute atomic E-state index is 13.1. The van der Waals surface area contributed by atoms with E-state index in [0.717, 1.165) is 35.2 Å². The van der Waals surface area contributed by atoms with Crippen LogP contribution < -0.4 is 4.74 Å². The summed E-state index contributed by atoms with van der Waals surface area (Å²) in [6.07, 6.45) is 0.324. The molecule has 8 heteroatoms. The SMILES string of the molecule is C[C@@H]1CN(Cc2ccc(F)cc2)CCN1C(=O)COc1ccc(Br)cc1CCC(=O)O. The largest absolute Gasteiger partial charge is 0.483 e. The summed E-state index contributed by atoms with van der Waals surface area (Å²) < 4.78 is 19.7. The standard InChI is InChI=1S/C23H26BrFN2O4/c1-16-13-26(14-17-2-6-20(25)7-3-17)10-11-27(16)22(28)15-31-21-8-5-19(24)12-18(21)4-9-23(29)30/h2-3,5-8,12,16H,4,9-11,13-15H2,1H3,(H,29,30)/t16-/m1/s1. The smallest absolute Gasteiger partial charge is 0.303 e. The fraction of sp³-hybridized carbons (Fsp3) is 0.391. The van der Waals surface area contributed by atoms with Gasteiger partial charge in [0.05, 0.1) is 0 Å². The van der Waals surface area contributed by atoms with Crippen LogP contribution in [0.25, 0.3) is 0 Å². The van der Waals surface area contributed by atoms with Crippen molar-refractivity contribution in [1.82, 2.24) is 9.80 Å². The van der Waals surface area contributed by atoms with E-state index < -0.39 is 5.97 Å². The summed E-state index contributed by atoms with van der Waals surface area (Å²) in [6.45, 7) is 4.68. The molecule has 2 aromatic carbocycles. The lowest BCUT2D eigenvalue weighted by atomic mass is 10.1. The summed E-state index contributed by atoms with van der Waals surface area (Å²) in [5, 5.41) is 8.95. The van der Waals surface area contributed by atoms with Gasteiger partial charge in [0.25, 0.3) is 5.91 Å². The maximum atomic E-state index is 13.1. The average Bonchev–Trinajstić information content (AvgIpc) is 2.73. The minimum absolute atomic E-state index is 0.00614. The average molecular weight is 493 g/mol. The van der Waals surface area contributed by atoms with Crippen molar-refractivity contribution in [3.05, 3.63) is 63.9 Å². The van der Waals surface area contributed by atoms with Crippen LogP contribution >= 0.6 is 15.9 Å². The molecule has 1 saturated heterocycles. The number of amides is 1. The van der Waals surface area contributed by atoms with Crippen LogP contribution in [0.5, 0.6) is 5.75 Å². The zero-order valence-corrected chi connectivity index (χ0v) is 19.0. The lowest BCUT2D eigenvalue weighted by Crippen LogP contribution is -2.54. The Hall–Kier alpha value is -2.45. The van der Waals surface area contributed by atoms with Gasteiger partial charge in [-0.05, 0) is 54.8 Å². The number of piperazine rings is 1. The third kappa shape index (κ3) is 6.77. The second-order valence-corrected chi connectivity index (χ2v) is 8.65. The fourth-order valence-corrected chi connectivity index (χ4v) is 4.15. The first-order chi connectivity index (χ1) is 14.8. The van der Waals surface area contributed by atoms with Gasteiger partial charge in [-0.25, -0.2) is 4.39 Å². The Bertz CT molecular complexity index is 922. The number of hydrogen-bond donors (Lipinski definition) is 1. The van der Waals surface area contributed by atoms with Crippen molar-refractivity contribution in [2.24, 2.45) is 0 Å². The lowest BCUT2D eigenvalue weighted by Gasteiger charge is -2.39. The summed E-state index contributed by atoms with van der Waals surface area (Å²) >= 11 is 3.39. The van der Waals surface area contributed by atoms with E-state index in [1.54, 1.807) is 24.3 Å². The molecule has 1 heterocycles. The molecule has 1 aliphatic heterocycles. The third-order valence-corrected chi connectivity index (χ3v) is 5.83. The predicted molar refractivity (Wildman–Crippen MR) is 118 cm³/mol. The Morgan fingerprint density at radius 3 is 2.61 bits per heavy atom. The third-order valence-electron chi connectivity index (χ3n) is 5.33. The highest BCUT2D eigenvalue weighted by atomic mass is 79.9. The molecule has 0 bridgehead atoms. The second-order valence-electron chi connectivity index (χ2n) is 7.73. The lowest BCUT2D eigenvalue weighted by molar-refractivity contribution is -0.138. The van der Waals surface area contributed by atoms with Gasteiger partial charge in [0.2, 0.25) is 0 Å². The van der Waals surface area contributed by atoms with Gasteiger partial charge in [0.1, 0.15) is 11.6 Å². The van der Waals surface area contributed by atoms with Gasteiger partial charge in [0.15, 0.2) is 6.61 Å². The highest BCUT2D eigenvalue weighted by Crippen LogP contribution is 2.25. The summed E-state index contributed by atoms with van der Waals surface area (Å²) in [5.41, 5.74) is 1.79. The molecule has 1 aliphatic rings. The molecule has 0 radical (unpaired) electrons. The topological polar surface area (TPSA) is 70.1 Å².